The molecule has 0 aromatic heterocycles. The van der Waals surface area contributed by atoms with Gasteiger partial charge in [-0.3, -0.25) is 14.5 Å². The van der Waals surface area contributed by atoms with Crippen LogP contribution in [0.1, 0.15) is 12.0 Å². The molecule has 1 saturated heterocycles. The van der Waals surface area contributed by atoms with Crippen molar-refractivity contribution in [3.8, 4) is 11.5 Å². The molecule has 27 heavy (non-hydrogen) atoms. The minimum atomic E-state index is -0.315. The first-order valence-electron chi connectivity index (χ1n) is 8.06. The number of benzene rings is 2. The van der Waals surface area contributed by atoms with Crippen molar-refractivity contribution in [1.29, 1.82) is 0 Å². The first kappa shape index (κ1) is 18.9. The zero-order valence-electron chi connectivity index (χ0n) is 14.1. The number of phenolic OH excluding ortho intramolecular Hbond substituents is 2. The number of nitrogens with one attached hydrogen (secondary N) is 1. The molecule has 0 atom stereocenters. The van der Waals surface area contributed by atoms with Crippen LogP contribution in [0, 0.1) is 0 Å². The van der Waals surface area contributed by atoms with Crippen molar-refractivity contribution >= 4 is 51.9 Å². The predicted molar refractivity (Wildman–Crippen MR) is 109 cm³/mol. The summed E-state index contributed by atoms with van der Waals surface area (Å²) in [6.45, 7) is 0.169. The van der Waals surface area contributed by atoms with Crippen LogP contribution < -0.4 is 5.32 Å². The molecule has 138 valence electrons. The van der Waals surface area contributed by atoms with Crippen molar-refractivity contribution in [3.63, 3.8) is 0 Å². The largest absolute Gasteiger partial charge is 0.508 e. The zero-order chi connectivity index (χ0) is 19.4. The number of carbonyl (C=O) groups excluding carboxylic acids is 2. The minimum absolute atomic E-state index is 0.0679. The highest BCUT2D eigenvalue weighted by Gasteiger charge is 2.32. The molecule has 0 radical (unpaired) electrons. The molecule has 6 nitrogen and oxygen atoms in total. The van der Waals surface area contributed by atoms with E-state index in [9.17, 15) is 19.8 Å². The maximum atomic E-state index is 12.6. The van der Waals surface area contributed by atoms with Gasteiger partial charge in [-0.1, -0.05) is 42.2 Å². The van der Waals surface area contributed by atoms with Gasteiger partial charge in [-0.25, -0.2) is 0 Å². The lowest BCUT2D eigenvalue weighted by Crippen LogP contribution is -2.31. The van der Waals surface area contributed by atoms with Gasteiger partial charge in [-0.05, 0) is 30.3 Å². The first-order valence-corrected chi connectivity index (χ1v) is 9.29. The summed E-state index contributed by atoms with van der Waals surface area (Å²) in [5.41, 5.74) is 1.09. The van der Waals surface area contributed by atoms with Gasteiger partial charge in [-0.15, -0.1) is 0 Å². The fourth-order valence-electron chi connectivity index (χ4n) is 2.45. The van der Waals surface area contributed by atoms with Gasteiger partial charge in [-0.2, -0.15) is 0 Å². The fourth-order valence-corrected chi connectivity index (χ4v) is 3.75. The quantitative estimate of drug-likeness (QED) is 0.527. The smallest absolute Gasteiger partial charge is 0.266 e. The van der Waals surface area contributed by atoms with Crippen LogP contribution in [0.25, 0.3) is 6.08 Å². The standard InChI is InChI=1S/C19H16N2O4S2/c22-14-7-6-12(15(23)11-14)10-16-18(25)21(19(26)27-16)9-8-17(24)20-13-4-2-1-3-5-13/h1-7,10-11,22-23H,8-9H2,(H,20,24)/b16-10-. The van der Waals surface area contributed by atoms with Crippen LogP contribution in [0.4, 0.5) is 5.69 Å². The maximum Gasteiger partial charge on any atom is 0.266 e. The molecule has 8 heteroatoms. The number of anilines is 1. The molecule has 1 aliphatic heterocycles. The highest BCUT2D eigenvalue weighted by molar-refractivity contribution is 8.26. The fraction of sp³-hybridized carbons (Fsp3) is 0.105. The second kappa shape index (κ2) is 8.24. The van der Waals surface area contributed by atoms with Crippen molar-refractivity contribution in [2.75, 3.05) is 11.9 Å². The molecule has 0 aliphatic carbocycles. The van der Waals surface area contributed by atoms with Gasteiger partial charge in [0, 0.05) is 30.3 Å². The van der Waals surface area contributed by atoms with Crippen LogP contribution in [-0.2, 0) is 9.59 Å². The molecule has 0 spiro atoms. The number of amides is 2. The molecule has 1 fully saturated rings. The minimum Gasteiger partial charge on any atom is -0.508 e. The molecule has 3 rings (SSSR count). The van der Waals surface area contributed by atoms with E-state index >= 15 is 0 Å². The molecular weight excluding hydrogens is 384 g/mol. The molecule has 1 aliphatic rings. The molecule has 0 unspecified atom stereocenters. The van der Waals surface area contributed by atoms with E-state index in [1.165, 1.54) is 29.2 Å². The van der Waals surface area contributed by atoms with Crippen molar-refractivity contribution in [3.05, 3.63) is 59.0 Å². The molecule has 2 aromatic rings. The molecule has 3 N–H and O–H groups in total. The summed E-state index contributed by atoms with van der Waals surface area (Å²) in [6, 6.07) is 13.2. The van der Waals surface area contributed by atoms with Crippen molar-refractivity contribution in [2.45, 2.75) is 6.42 Å². The molecule has 0 bridgehead atoms. The van der Waals surface area contributed by atoms with Crippen molar-refractivity contribution in [1.82, 2.24) is 4.90 Å². The summed E-state index contributed by atoms with van der Waals surface area (Å²) in [4.78, 5) is 26.3. The summed E-state index contributed by atoms with van der Waals surface area (Å²) >= 11 is 6.35. The average Bonchev–Trinajstić information content (AvgIpc) is 2.90. The van der Waals surface area contributed by atoms with E-state index in [0.29, 0.717) is 20.5 Å². The van der Waals surface area contributed by atoms with Gasteiger partial charge in [0.15, 0.2) is 0 Å². The molecular formula is C19H16N2O4S2. The molecule has 0 saturated carbocycles. The Kier molecular flexibility index (Phi) is 5.78. The molecule has 2 aromatic carbocycles. The topological polar surface area (TPSA) is 89.9 Å². The third-order valence-electron chi connectivity index (χ3n) is 3.79. The number of thiocarbonyl (C=S) groups is 1. The highest BCUT2D eigenvalue weighted by Crippen LogP contribution is 2.34. The number of phenols is 2. The Morgan fingerprint density at radius 3 is 2.63 bits per heavy atom. The lowest BCUT2D eigenvalue weighted by atomic mass is 10.1. The van der Waals surface area contributed by atoms with Gasteiger partial charge in [0.1, 0.15) is 15.8 Å². The first-order chi connectivity index (χ1) is 12.9. The van der Waals surface area contributed by atoms with Gasteiger partial charge < -0.3 is 15.5 Å². The summed E-state index contributed by atoms with van der Waals surface area (Å²) < 4.78 is 0.358. The lowest BCUT2D eigenvalue weighted by Gasteiger charge is -2.14. The van der Waals surface area contributed by atoms with E-state index in [2.05, 4.69) is 5.32 Å². The van der Waals surface area contributed by atoms with Gasteiger partial charge in [0.2, 0.25) is 5.91 Å². The normalized spacial score (nSPS) is 15.4. The Labute approximate surface area is 165 Å². The number of aromatic hydroxyl groups is 2. The van der Waals surface area contributed by atoms with Crippen molar-refractivity contribution in [2.24, 2.45) is 0 Å². The van der Waals surface area contributed by atoms with Crippen LogP contribution in [0.5, 0.6) is 11.5 Å². The zero-order valence-corrected chi connectivity index (χ0v) is 15.7. The number of nitrogens with zero attached hydrogens (tertiary/aromatic N) is 1. The SMILES string of the molecule is O=C(CCN1C(=O)/C(=C/c2ccc(O)cc2O)SC1=S)Nc1ccccc1. The summed E-state index contributed by atoms with van der Waals surface area (Å²) in [5.74, 6) is -0.732. The Hall–Kier alpha value is -2.84. The number of carbonyl (C=O) groups is 2. The predicted octanol–water partition coefficient (Wildman–Crippen LogP) is 3.33. The van der Waals surface area contributed by atoms with Crippen LogP contribution >= 0.6 is 24.0 Å². The summed E-state index contributed by atoms with van der Waals surface area (Å²) in [6.07, 6.45) is 1.62. The molecule has 1 heterocycles. The van der Waals surface area contributed by atoms with Crippen LogP contribution in [0.3, 0.4) is 0 Å². The van der Waals surface area contributed by atoms with E-state index in [0.717, 1.165) is 11.8 Å². The van der Waals surface area contributed by atoms with E-state index < -0.39 is 0 Å². The number of hydrogen-bond acceptors (Lipinski definition) is 6. The van der Waals surface area contributed by atoms with Gasteiger partial charge >= 0.3 is 0 Å². The average molecular weight is 400 g/mol. The van der Waals surface area contributed by atoms with Gasteiger partial charge in [0.05, 0.1) is 4.91 Å². The Morgan fingerprint density at radius 1 is 1.19 bits per heavy atom. The van der Waals surface area contributed by atoms with Crippen LogP contribution in [0.2, 0.25) is 0 Å². The van der Waals surface area contributed by atoms with E-state index in [-0.39, 0.29) is 36.3 Å². The number of rotatable bonds is 5. The number of hydrogen-bond donors (Lipinski definition) is 3. The Morgan fingerprint density at radius 2 is 1.93 bits per heavy atom. The molecule has 2 amide bonds. The van der Waals surface area contributed by atoms with E-state index in [1.807, 2.05) is 18.2 Å². The number of para-hydroxylation sites is 1. The second-order valence-corrected chi connectivity index (χ2v) is 7.42. The van der Waals surface area contributed by atoms with Crippen molar-refractivity contribution < 1.29 is 19.8 Å². The monoisotopic (exact) mass is 400 g/mol. The van der Waals surface area contributed by atoms with Gasteiger partial charge in [0.25, 0.3) is 5.91 Å². The third-order valence-corrected chi connectivity index (χ3v) is 5.17. The van der Waals surface area contributed by atoms with Crippen LogP contribution in [-0.4, -0.2) is 37.8 Å². The van der Waals surface area contributed by atoms with E-state index in [1.54, 1.807) is 12.1 Å². The lowest BCUT2D eigenvalue weighted by molar-refractivity contribution is -0.122. The number of thioether (sulfide) groups is 1. The second-order valence-electron chi connectivity index (χ2n) is 5.74. The Balaban J connectivity index is 1.64. The summed E-state index contributed by atoms with van der Waals surface area (Å²) in [7, 11) is 0. The maximum absolute atomic E-state index is 12.6. The van der Waals surface area contributed by atoms with Crippen LogP contribution in [0.15, 0.2) is 53.4 Å². The third kappa shape index (κ3) is 4.66. The Bertz CT molecular complexity index is 929. The highest BCUT2D eigenvalue weighted by atomic mass is 32.2. The van der Waals surface area contributed by atoms with E-state index in [4.69, 9.17) is 12.2 Å². The summed E-state index contributed by atoms with van der Waals surface area (Å²) in [5, 5.41) is 22.0.